The number of fused-ring (bicyclic) bond motifs is 1. The summed E-state index contributed by atoms with van der Waals surface area (Å²) >= 11 is 6.22. The van der Waals surface area contributed by atoms with E-state index in [0.717, 1.165) is 10.5 Å². The summed E-state index contributed by atoms with van der Waals surface area (Å²) in [4.78, 5) is 38.8. The van der Waals surface area contributed by atoms with E-state index in [1.807, 2.05) is 18.2 Å². The van der Waals surface area contributed by atoms with Gasteiger partial charge >= 0.3 is 11.7 Å². The molecule has 0 spiro atoms. The van der Waals surface area contributed by atoms with Crippen LogP contribution in [0.1, 0.15) is 23.6 Å². The van der Waals surface area contributed by atoms with Crippen molar-refractivity contribution in [3.8, 4) is 0 Å². The highest BCUT2D eigenvalue weighted by atomic mass is 35.5. The van der Waals surface area contributed by atoms with Crippen LogP contribution in [-0.4, -0.2) is 16.8 Å². The van der Waals surface area contributed by atoms with Crippen LogP contribution in [0.3, 0.4) is 0 Å². The molecule has 142 valence electrons. The van der Waals surface area contributed by atoms with Crippen LogP contribution < -0.4 is 10.9 Å². The summed E-state index contributed by atoms with van der Waals surface area (Å²) in [7, 11) is 0. The SMILES string of the molecule is Cc1cc2oc(=O)cc(CN3C(=O)N[C@](C)(c4ccccc4)C3=O)c2cc1Cl. The van der Waals surface area contributed by atoms with Gasteiger partial charge in [-0.2, -0.15) is 0 Å². The summed E-state index contributed by atoms with van der Waals surface area (Å²) in [6.45, 7) is 3.41. The van der Waals surface area contributed by atoms with Crippen LogP contribution in [0.4, 0.5) is 4.79 Å². The number of aryl methyl sites for hydroxylation is 1. The molecule has 1 aliphatic rings. The number of urea groups is 1. The molecule has 4 rings (SSSR count). The van der Waals surface area contributed by atoms with E-state index in [9.17, 15) is 14.4 Å². The van der Waals surface area contributed by atoms with Gasteiger partial charge in [-0.25, -0.2) is 9.59 Å². The third kappa shape index (κ3) is 2.86. The maximum absolute atomic E-state index is 13.1. The van der Waals surface area contributed by atoms with Gasteiger partial charge in [-0.15, -0.1) is 0 Å². The smallest absolute Gasteiger partial charge is 0.336 e. The van der Waals surface area contributed by atoms with Crippen molar-refractivity contribution < 1.29 is 14.0 Å². The summed E-state index contributed by atoms with van der Waals surface area (Å²) in [5.74, 6) is -0.386. The van der Waals surface area contributed by atoms with E-state index < -0.39 is 17.2 Å². The number of rotatable bonds is 3. The number of hydrogen-bond donors (Lipinski definition) is 1. The zero-order valence-corrected chi connectivity index (χ0v) is 16.0. The van der Waals surface area contributed by atoms with Crippen molar-refractivity contribution in [1.29, 1.82) is 0 Å². The van der Waals surface area contributed by atoms with E-state index in [1.54, 1.807) is 38.1 Å². The van der Waals surface area contributed by atoms with Gasteiger partial charge in [0.1, 0.15) is 11.1 Å². The zero-order valence-electron chi connectivity index (χ0n) is 15.3. The van der Waals surface area contributed by atoms with E-state index in [0.29, 0.717) is 27.1 Å². The molecule has 1 fully saturated rings. The highest BCUT2D eigenvalue weighted by Gasteiger charge is 2.48. The fraction of sp³-hybridized carbons (Fsp3) is 0.190. The molecule has 6 nitrogen and oxygen atoms in total. The molecule has 3 amide bonds. The molecule has 0 radical (unpaired) electrons. The first-order chi connectivity index (χ1) is 13.3. The van der Waals surface area contributed by atoms with Crippen LogP contribution in [0.5, 0.6) is 0 Å². The van der Waals surface area contributed by atoms with Gasteiger partial charge < -0.3 is 9.73 Å². The number of amides is 3. The van der Waals surface area contributed by atoms with Crippen molar-refractivity contribution in [3.63, 3.8) is 0 Å². The lowest BCUT2D eigenvalue weighted by Crippen LogP contribution is -2.40. The number of hydrogen-bond acceptors (Lipinski definition) is 4. The summed E-state index contributed by atoms with van der Waals surface area (Å²) in [6, 6.07) is 13.2. The standard InChI is InChI=1S/C21H17ClN2O4/c1-12-8-17-15(10-16(12)22)13(9-18(25)28-17)11-24-19(26)21(2,23-20(24)27)14-6-4-3-5-7-14/h3-10H,11H2,1-2H3,(H,23,27)/t21-/m1/s1. The van der Waals surface area contributed by atoms with Gasteiger partial charge in [0.05, 0.1) is 6.54 Å². The lowest BCUT2D eigenvalue weighted by molar-refractivity contribution is -0.131. The van der Waals surface area contributed by atoms with Crippen LogP contribution >= 0.6 is 11.6 Å². The highest BCUT2D eigenvalue weighted by molar-refractivity contribution is 6.32. The lowest BCUT2D eigenvalue weighted by atomic mass is 9.92. The molecule has 1 saturated heterocycles. The van der Waals surface area contributed by atoms with Crippen molar-refractivity contribution in [2.75, 3.05) is 0 Å². The van der Waals surface area contributed by atoms with Crippen molar-refractivity contribution >= 4 is 34.5 Å². The molecule has 28 heavy (non-hydrogen) atoms. The van der Waals surface area contributed by atoms with E-state index in [4.69, 9.17) is 16.0 Å². The summed E-state index contributed by atoms with van der Waals surface area (Å²) in [5.41, 5.74) is 0.591. The largest absolute Gasteiger partial charge is 0.423 e. The van der Waals surface area contributed by atoms with E-state index in [2.05, 4.69) is 5.32 Å². The molecule has 1 atom stereocenters. The minimum absolute atomic E-state index is 0.0609. The lowest BCUT2D eigenvalue weighted by Gasteiger charge is -2.22. The molecule has 1 aliphatic heterocycles. The van der Waals surface area contributed by atoms with Crippen LogP contribution in [0, 0.1) is 6.92 Å². The molecule has 2 aromatic carbocycles. The quantitative estimate of drug-likeness (QED) is 0.540. The number of imide groups is 1. The second kappa shape index (κ2) is 6.49. The predicted octanol–water partition coefficient (Wildman–Crippen LogP) is 3.72. The first-order valence-corrected chi connectivity index (χ1v) is 9.10. The first kappa shape index (κ1) is 18.3. The Morgan fingerprint density at radius 3 is 2.54 bits per heavy atom. The molecule has 0 bridgehead atoms. The van der Waals surface area contributed by atoms with Gasteiger partial charge in [-0.3, -0.25) is 9.69 Å². The summed E-state index contributed by atoms with van der Waals surface area (Å²) in [5, 5.41) is 3.86. The Labute approximate surface area is 165 Å². The van der Waals surface area contributed by atoms with Gasteiger partial charge in [-0.1, -0.05) is 41.9 Å². The summed E-state index contributed by atoms with van der Waals surface area (Å²) in [6.07, 6.45) is 0. The molecular formula is C21H17ClN2O4. The number of carbonyl (C=O) groups excluding carboxylic acids is 2. The van der Waals surface area contributed by atoms with Crippen LogP contribution in [-0.2, 0) is 16.9 Å². The van der Waals surface area contributed by atoms with E-state index in [-0.39, 0.29) is 12.5 Å². The normalized spacial score (nSPS) is 19.3. The van der Waals surface area contributed by atoms with Crippen LogP contribution in [0.25, 0.3) is 11.0 Å². The molecule has 3 aromatic rings. The maximum atomic E-state index is 13.1. The number of benzene rings is 2. The minimum Gasteiger partial charge on any atom is -0.423 e. The molecule has 1 N–H and O–H groups in total. The van der Waals surface area contributed by atoms with E-state index in [1.165, 1.54) is 6.07 Å². The molecule has 1 aromatic heterocycles. The average Bonchev–Trinajstić information content (AvgIpc) is 2.88. The Balaban J connectivity index is 1.76. The topological polar surface area (TPSA) is 79.6 Å². The third-order valence-electron chi connectivity index (χ3n) is 5.06. The minimum atomic E-state index is -1.16. The van der Waals surface area contributed by atoms with Crippen LogP contribution in [0.2, 0.25) is 5.02 Å². The number of carbonyl (C=O) groups is 2. The Hall–Kier alpha value is -3.12. The fourth-order valence-corrected chi connectivity index (χ4v) is 3.62. The van der Waals surface area contributed by atoms with Gasteiger partial charge in [0.25, 0.3) is 5.91 Å². The highest BCUT2D eigenvalue weighted by Crippen LogP contribution is 2.31. The number of nitrogens with one attached hydrogen (secondary N) is 1. The monoisotopic (exact) mass is 396 g/mol. The Bertz CT molecular complexity index is 1170. The average molecular weight is 397 g/mol. The Kier molecular flexibility index (Phi) is 4.23. The van der Waals surface area contributed by atoms with Crippen molar-refractivity contribution in [2.45, 2.75) is 25.9 Å². The van der Waals surface area contributed by atoms with Crippen molar-refractivity contribution in [3.05, 3.63) is 80.7 Å². The molecule has 2 heterocycles. The first-order valence-electron chi connectivity index (χ1n) is 8.72. The maximum Gasteiger partial charge on any atom is 0.336 e. The van der Waals surface area contributed by atoms with Gasteiger partial charge in [0.15, 0.2) is 0 Å². The van der Waals surface area contributed by atoms with Crippen LogP contribution in [0.15, 0.2) is 57.7 Å². The molecule has 0 aliphatic carbocycles. The zero-order chi connectivity index (χ0) is 20.1. The summed E-state index contributed by atoms with van der Waals surface area (Å²) < 4.78 is 5.25. The number of halogens is 1. The third-order valence-corrected chi connectivity index (χ3v) is 5.47. The predicted molar refractivity (Wildman–Crippen MR) is 105 cm³/mol. The molecule has 0 saturated carbocycles. The van der Waals surface area contributed by atoms with Gasteiger partial charge in [0, 0.05) is 16.5 Å². The molecular weight excluding hydrogens is 380 g/mol. The van der Waals surface area contributed by atoms with Crippen molar-refractivity contribution in [1.82, 2.24) is 10.2 Å². The number of nitrogens with zero attached hydrogens (tertiary/aromatic N) is 1. The van der Waals surface area contributed by atoms with Gasteiger partial charge in [-0.05, 0) is 42.7 Å². The second-order valence-corrected chi connectivity index (χ2v) is 7.41. The van der Waals surface area contributed by atoms with E-state index >= 15 is 0 Å². The second-order valence-electron chi connectivity index (χ2n) is 7.00. The van der Waals surface area contributed by atoms with Crippen molar-refractivity contribution in [2.24, 2.45) is 0 Å². The molecule has 7 heteroatoms. The fourth-order valence-electron chi connectivity index (χ4n) is 3.46. The Morgan fingerprint density at radius 1 is 1.11 bits per heavy atom. The van der Waals surface area contributed by atoms with Gasteiger partial charge in [0.2, 0.25) is 0 Å². The Morgan fingerprint density at radius 2 is 1.82 bits per heavy atom. The molecule has 0 unspecified atom stereocenters.